The third kappa shape index (κ3) is 3.55. The molecule has 5 rings (SSSR count). The van der Waals surface area contributed by atoms with Crippen LogP contribution in [0, 0.1) is 0 Å². The van der Waals surface area contributed by atoms with Crippen molar-refractivity contribution < 1.29 is 4.79 Å². The van der Waals surface area contributed by atoms with Crippen LogP contribution in [0.2, 0.25) is 0 Å². The summed E-state index contributed by atoms with van der Waals surface area (Å²) in [7, 11) is 0. The van der Waals surface area contributed by atoms with Crippen molar-refractivity contribution >= 4 is 27.7 Å². The summed E-state index contributed by atoms with van der Waals surface area (Å²) in [6.45, 7) is 0. The van der Waals surface area contributed by atoms with Crippen LogP contribution in [0.4, 0.5) is 0 Å². The second-order valence-electron chi connectivity index (χ2n) is 7.41. The standard InChI is InChI=1S/C26H21N3O/c30-25(16-20-11-6-10-18-7-4-5-12-22(18)20)29-26(19-8-2-1-3-9-19)21-13-14-23-24(15-21)28-17-27-23/h1-15,17,26H,16H2,(H,27,28)(H,29,30)/t26-/m0/s1. The predicted octanol–water partition coefficient (Wildman–Crippen LogP) is 5.16. The maximum Gasteiger partial charge on any atom is 0.225 e. The summed E-state index contributed by atoms with van der Waals surface area (Å²) in [4.78, 5) is 20.5. The second-order valence-corrected chi connectivity index (χ2v) is 7.41. The third-order valence-electron chi connectivity index (χ3n) is 5.45. The molecule has 0 bridgehead atoms. The van der Waals surface area contributed by atoms with E-state index in [9.17, 15) is 4.79 Å². The lowest BCUT2D eigenvalue weighted by Gasteiger charge is -2.20. The molecule has 0 radical (unpaired) electrons. The number of hydrogen-bond donors (Lipinski definition) is 2. The molecule has 5 aromatic rings. The summed E-state index contributed by atoms with van der Waals surface area (Å²) in [5.74, 6) is -0.00934. The summed E-state index contributed by atoms with van der Waals surface area (Å²) < 4.78 is 0. The zero-order valence-electron chi connectivity index (χ0n) is 16.4. The Hall–Kier alpha value is -3.92. The largest absolute Gasteiger partial charge is 0.345 e. The first-order valence-corrected chi connectivity index (χ1v) is 10.0. The van der Waals surface area contributed by atoms with Gasteiger partial charge in [-0.3, -0.25) is 4.79 Å². The summed E-state index contributed by atoms with van der Waals surface area (Å²) in [6.07, 6.45) is 2.02. The quantitative estimate of drug-likeness (QED) is 0.434. The average molecular weight is 391 g/mol. The van der Waals surface area contributed by atoms with E-state index in [1.54, 1.807) is 6.33 Å². The third-order valence-corrected chi connectivity index (χ3v) is 5.45. The Morgan fingerprint density at radius 3 is 2.57 bits per heavy atom. The van der Waals surface area contributed by atoms with Gasteiger partial charge in [0.1, 0.15) is 0 Å². The molecule has 4 heteroatoms. The van der Waals surface area contributed by atoms with E-state index in [0.29, 0.717) is 6.42 Å². The average Bonchev–Trinajstić information content (AvgIpc) is 3.26. The van der Waals surface area contributed by atoms with Crippen LogP contribution in [0.15, 0.2) is 97.3 Å². The molecule has 0 unspecified atom stereocenters. The van der Waals surface area contributed by atoms with E-state index in [0.717, 1.165) is 38.5 Å². The Morgan fingerprint density at radius 2 is 1.67 bits per heavy atom. The molecule has 4 aromatic carbocycles. The number of benzene rings is 4. The first-order chi connectivity index (χ1) is 14.8. The van der Waals surface area contributed by atoms with Crippen LogP contribution in [0.25, 0.3) is 21.8 Å². The van der Waals surface area contributed by atoms with E-state index in [1.165, 1.54) is 0 Å². The van der Waals surface area contributed by atoms with Gasteiger partial charge in [0, 0.05) is 0 Å². The number of aromatic amines is 1. The summed E-state index contributed by atoms with van der Waals surface area (Å²) >= 11 is 0. The highest BCUT2D eigenvalue weighted by Crippen LogP contribution is 2.25. The molecule has 0 aliphatic heterocycles. The van der Waals surface area contributed by atoms with Gasteiger partial charge >= 0.3 is 0 Å². The predicted molar refractivity (Wildman–Crippen MR) is 120 cm³/mol. The first-order valence-electron chi connectivity index (χ1n) is 10.0. The molecule has 0 aliphatic carbocycles. The van der Waals surface area contributed by atoms with Crippen molar-refractivity contribution in [3.05, 3.63) is 114 Å². The van der Waals surface area contributed by atoms with Gasteiger partial charge in [-0.2, -0.15) is 0 Å². The zero-order valence-corrected chi connectivity index (χ0v) is 16.4. The van der Waals surface area contributed by atoms with Gasteiger partial charge in [-0.1, -0.05) is 78.9 Å². The fourth-order valence-corrected chi connectivity index (χ4v) is 3.97. The molecule has 30 heavy (non-hydrogen) atoms. The molecule has 0 spiro atoms. The van der Waals surface area contributed by atoms with Crippen LogP contribution in [-0.4, -0.2) is 15.9 Å². The van der Waals surface area contributed by atoms with Crippen molar-refractivity contribution in [1.29, 1.82) is 0 Å². The SMILES string of the molecule is O=C(Cc1cccc2ccccc12)N[C@@H](c1ccccc1)c1ccc2nc[nH]c2c1. The van der Waals surface area contributed by atoms with Crippen LogP contribution < -0.4 is 5.32 Å². The summed E-state index contributed by atoms with van der Waals surface area (Å²) in [5.41, 5.74) is 4.96. The molecule has 4 nitrogen and oxygen atoms in total. The van der Waals surface area contributed by atoms with Crippen LogP contribution in [-0.2, 0) is 11.2 Å². The maximum absolute atomic E-state index is 13.1. The van der Waals surface area contributed by atoms with E-state index in [4.69, 9.17) is 0 Å². The monoisotopic (exact) mass is 391 g/mol. The molecule has 0 aliphatic rings. The van der Waals surface area contributed by atoms with E-state index in [2.05, 4.69) is 39.6 Å². The number of carbonyl (C=O) groups is 1. The van der Waals surface area contributed by atoms with Gasteiger partial charge in [0.2, 0.25) is 5.91 Å². The molecular weight excluding hydrogens is 370 g/mol. The van der Waals surface area contributed by atoms with E-state index < -0.39 is 0 Å². The second kappa shape index (κ2) is 7.84. The number of amides is 1. The Labute approximate surface area is 174 Å². The molecular formula is C26H21N3O. The zero-order chi connectivity index (χ0) is 20.3. The van der Waals surface area contributed by atoms with E-state index >= 15 is 0 Å². The fraction of sp³-hybridized carbons (Fsp3) is 0.0769. The number of hydrogen-bond acceptors (Lipinski definition) is 2. The smallest absolute Gasteiger partial charge is 0.225 e. The number of nitrogens with zero attached hydrogens (tertiary/aromatic N) is 1. The Kier molecular flexibility index (Phi) is 4.74. The summed E-state index contributed by atoms with van der Waals surface area (Å²) in [5, 5.41) is 5.51. The Morgan fingerprint density at radius 1 is 0.867 bits per heavy atom. The molecule has 1 heterocycles. The number of H-pyrrole nitrogens is 1. The van der Waals surface area contributed by atoms with Gasteiger partial charge in [0.15, 0.2) is 0 Å². The number of nitrogens with one attached hydrogen (secondary N) is 2. The number of aromatic nitrogens is 2. The highest BCUT2D eigenvalue weighted by atomic mass is 16.1. The molecule has 1 aromatic heterocycles. The summed E-state index contributed by atoms with van der Waals surface area (Å²) in [6, 6.07) is 30.2. The fourth-order valence-electron chi connectivity index (χ4n) is 3.97. The number of carbonyl (C=O) groups excluding carboxylic acids is 1. The Bertz CT molecular complexity index is 1320. The van der Waals surface area contributed by atoms with Crippen molar-refractivity contribution in [3.8, 4) is 0 Å². The lowest BCUT2D eigenvalue weighted by Crippen LogP contribution is -2.30. The topological polar surface area (TPSA) is 57.8 Å². The van der Waals surface area contributed by atoms with Crippen LogP contribution in [0.5, 0.6) is 0 Å². The molecule has 0 fully saturated rings. The van der Waals surface area contributed by atoms with Gasteiger partial charge in [-0.25, -0.2) is 4.98 Å². The van der Waals surface area contributed by atoms with Crippen molar-refractivity contribution in [2.45, 2.75) is 12.5 Å². The molecule has 0 saturated carbocycles. The van der Waals surface area contributed by atoms with Gasteiger partial charge in [0.25, 0.3) is 0 Å². The Balaban J connectivity index is 1.46. The van der Waals surface area contributed by atoms with Crippen LogP contribution in [0.3, 0.4) is 0 Å². The molecule has 0 saturated heterocycles. The van der Waals surface area contributed by atoms with Crippen molar-refractivity contribution in [3.63, 3.8) is 0 Å². The van der Waals surface area contributed by atoms with Gasteiger partial charge in [0.05, 0.1) is 29.8 Å². The van der Waals surface area contributed by atoms with Gasteiger partial charge in [-0.05, 0) is 39.6 Å². The molecule has 2 N–H and O–H groups in total. The number of rotatable bonds is 5. The molecule has 1 amide bonds. The van der Waals surface area contributed by atoms with Crippen molar-refractivity contribution in [1.82, 2.24) is 15.3 Å². The van der Waals surface area contributed by atoms with E-state index in [1.807, 2.05) is 66.7 Å². The number of fused-ring (bicyclic) bond motifs is 2. The minimum atomic E-state index is -0.235. The highest BCUT2D eigenvalue weighted by molar-refractivity contribution is 5.90. The van der Waals surface area contributed by atoms with Crippen LogP contribution >= 0.6 is 0 Å². The van der Waals surface area contributed by atoms with Gasteiger partial charge < -0.3 is 10.3 Å². The molecule has 1 atom stereocenters. The lowest BCUT2D eigenvalue weighted by atomic mass is 9.97. The van der Waals surface area contributed by atoms with E-state index in [-0.39, 0.29) is 11.9 Å². The number of imidazole rings is 1. The highest BCUT2D eigenvalue weighted by Gasteiger charge is 2.18. The van der Waals surface area contributed by atoms with Gasteiger partial charge in [-0.15, -0.1) is 0 Å². The van der Waals surface area contributed by atoms with Crippen molar-refractivity contribution in [2.24, 2.45) is 0 Å². The minimum absolute atomic E-state index is 0.00934. The van der Waals surface area contributed by atoms with Crippen molar-refractivity contribution in [2.75, 3.05) is 0 Å². The van der Waals surface area contributed by atoms with Crippen LogP contribution in [0.1, 0.15) is 22.7 Å². The lowest BCUT2D eigenvalue weighted by molar-refractivity contribution is -0.120. The first kappa shape index (κ1) is 18.1. The minimum Gasteiger partial charge on any atom is -0.345 e. The maximum atomic E-state index is 13.1. The molecule has 146 valence electrons. The normalized spacial score (nSPS) is 12.1.